The topological polar surface area (TPSA) is 75.4 Å². The summed E-state index contributed by atoms with van der Waals surface area (Å²) in [4.78, 5) is 25.3. The Hall–Kier alpha value is -1.88. The van der Waals surface area contributed by atoms with Crippen molar-refractivity contribution in [3.05, 3.63) is 30.3 Å². The molecular weight excluding hydrogens is 230 g/mol. The first-order valence-corrected chi connectivity index (χ1v) is 6.02. The van der Waals surface area contributed by atoms with Crippen LogP contribution >= 0.6 is 0 Å². The van der Waals surface area contributed by atoms with E-state index in [1.807, 2.05) is 30.3 Å². The summed E-state index contributed by atoms with van der Waals surface area (Å²) in [5.41, 5.74) is 6.33. The Morgan fingerprint density at radius 3 is 2.72 bits per heavy atom. The highest BCUT2D eigenvalue weighted by Crippen LogP contribution is 2.20. The Morgan fingerprint density at radius 1 is 1.44 bits per heavy atom. The van der Waals surface area contributed by atoms with E-state index in [0.29, 0.717) is 13.0 Å². The standard InChI is InChI=1S/C13H17N3O2/c1-9(14)12(17)15-11-7-8-16(13(11)18)10-5-3-2-4-6-10/h2-6,9,11H,7-8,14H2,1H3,(H,15,17)/t9-,11?/m0/s1. The van der Waals surface area contributed by atoms with E-state index in [9.17, 15) is 9.59 Å². The minimum atomic E-state index is -0.594. The summed E-state index contributed by atoms with van der Waals surface area (Å²) in [6.45, 7) is 2.22. The van der Waals surface area contributed by atoms with Gasteiger partial charge in [0.25, 0.3) is 0 Å². The van der Waals surface area contributed by atoms with Crippen molar-refractivity contribution >= 4 is 17.5 Å². The lowest BCUT2D eigenvalue weighted by atomic mass is 10.2. The SMILES string of the molecule is C[C@H](N)C(=O)NC1CCN(c2ccccc2)C1=O. The highest BCUT2D eigenvalue weighted by atomic mass is 16.2. The molecule has 5 heteroatoms. The van der Waals surface area contributed by atoms with Gasteiger partial charge in [0, 0.05) is 12.2 Å². The molecule has 0 saturated carbocycles. The van der Waals surface area contributed by atoms with Crippen molar-refractivity contribution in [3.8, 4) is 0 Å². The van der Waals surface area contributed by atoms with Gasteiger partial charge in [-0.15, -0.1) is 0 Å². The van der Waals surface area contributed by atoms with E-state index in [-0.39, 0.29) is 11.8 Å². The average molecular weight is 247 g/mol. The van der Waals surface area contributed by atoms with Crippen molar-refractivity contribution < 1.29 is 9.59 Å². The van der Waals surface area contributed by atoms with Gasteiger partial charge in [0.05, 0.1) is 6.04 Å². The molecule has 96 valence electrons. The second-order valence-electron chi connectivity index (χ2n) is 4.46. The molecule has 0 aromatic heterocycles. The van der Waals surface area contributed by atoms with Gasteiger partial charge in [-0.25, -0.2) is 0 Å². The van der Waals surface area contributed by atoms with E-state index in [2.05, 4.69) is 5.32 Å². The van der Waals surface area contributed by atoms with Crippen LogP contribution in [0.15, 0.2) is 30.3 Å². The van der Waals surface area contributed by atoms with Crippen LogP contribution in [-0.2, 0) is 9.59 Å². The summed E-state index contributed by atoms with van der Waals surface area (Å²) < 4.78 is 0. The highest BCUT2D eigenvalue weighted by Gasteiger charge is 2.33. The molecule has 0 aliphatic carbocycles. The van der Waals surface area contributed by atoms with Gasteiger partial charge in [0.1, 0.15) is 6.04 Å². The Morgan fingerprint density at radius 2 is 2.11 bits per heavy atom. The molecule has 1 fully saturated rings. The third-order valence-electron chi connectivity index (χ3n) is 3.00. The van der Waals surface area contributed by atoms with Crippen LogP contribution in [0.2, 0.25) is 0 Å². The molecule has 1 aromatic rings. The van der Waals surface area contributed by atoms with Crippen LogP contribution in [0.5, 0.6) is 0 Å². The maximum atomic E-state index is 12.1. The van der Waals surface area contributed by atoms with Crippen molar-refractivity contribution in [3.63, 3.8) is 0 Å². The zero-order valence-corrected chi connectivity index (χ0v) is 10.3. The van der Waals surface area contributed by atoms with E-state index in [1.165, 1.54) is 0 Å². The summed E-state index contributed by atoms with van der Waals surface area (Å²) in [5, 5.41) is 2.67. The van der Waals surface area contributed by atoms with E-state index in [4.69, 9.17) is 5.73 Å². The first-order chi connectivity index (χ1) is 8.59. The van der Waals surface area contributed by atoms with Crippen molar-refractivity contribution in [1.29, 1.82) is 0 Å². The second kappa shape index (κ2) is 5.18. The number of amides is 2. The molecule has 0 bridgehead atoms. The minimum absolute atomic E-state index is 0.0739. The van der Waals surface area contributed by atoms with Crippen LogP contribution in [0.25, 0.3) is 0 Å². The number of nitrogens with zero attached hydrogens (tertiary/aromatic N) is 1. The molecule has 2 rings (SSSR count). The van der Waals surface area contributed by atoms with E-state index in [0.717, 1.165) is 5.69 Å². The van der Waals surface area contributed by atoms with Crippen LogP contribution in [0.3, 0.4) is 0 Å². The lowest BCUT2D eigenvalue weighted by Crippen LogP contribution is -2.47. The zero-order chi connectivity index (χ0) is 13.1. The quantitative estimate of drug-likeness (QED) is 0.804. The number of nitrogens with two attached hydrogens (primary N) is 1. The maximum absolute atomic E-state index is 12.1. The Kier molecular flexibility index (Phi) is 3.62. The molecule has 1 saturated heterocycles. The molecule has 1 heterocycles. The molecule has 1 aliphatic heterocycles. The molecular formula is C13H17N3O2. The minimum Gasteiger partial charge on any atom is -0.343 e. The number of para-hydroxylation sites is 1. The Labute approximate surface area is 106 Å². The van der Waals surface area contributed by atoms with Crippen LogP contribution in [0.4, 0.5) is 5.69 Å². The first-order valence-electron chi connectivity index (χ1n) is 6.02. The van der Waals surface area contributed by atoms with Gasteiger partial charge in [-0.3, -0.25) is 9.59 Å². The first kappa shape index (κ1) is 12.6. The zero-order valence-electron chi connectivity index (χ0n) is 10.3. The van der Waals surface area contributed by atoms with Crippen molar-refractivity contribution in [1.82, 2.24) is 5.32 Å². The number of rotatable bonds is 3. The Bertz CT molecular complexity index is 445. The third-order valence-corrected chi connectivity index (χ3v) is 3.00. The van der Waals surface area contributed by atoms with Gasteiger partial charge in [-0.1, -0.05) is 18.2 Å². The molecule has 0 spiro atoms. The smallest absolute Gasteiger partial charge is 0.249 e. The fraction of sp³-hybridized carbons (Fsp3) is 0.385. The van der Waals surface area contributed by atoms with Crippen LogP contribution in [0.1, 0.15) is 13.3 Å². The van der Waals surface area contributed by atoms with Gasteiger partial charge in [-0.05, 0) is 25.5 Å². The number of anilines is 1. The van der Waals surface area contributed by atoms with Crippen molar-refractivity contribution in [2.24, 2.45) is 5.73 Å². The molecule has 5 nitrogen and oxygen atoms in total. The maximum Gasteiger partial charge on any atom is 0.249 e. The number of hydrogen-bond donors (Lipinski definition) is 2. The molecule has 2 amide bonds. The van der Waals surface area contributed by atoms with Gasteiger partial charge < -0.3 is 16.0 Å². The number of carbonyl (C=O) groups is 2. The van der Waals surface area contributed by atoms with E-state index >= 15 is 0 Å². The number of nitrogens with one attached hydrogen (secondary N) is 1. The van der Waals surface area contributed by atoms with Gasteiger partial charge >= 0.3 is 0 Å². The number of hydrogen-bond acceptors (Lipinski definition) is 3. The number of carbonyl (C=O) groups excluding carboxylic acids is 2. The monoisotopic (exact) mass is 247 g/mol. The summed E-state index contributed by atoms with van der Waals surface area (Å²) in [6, 6.07) is 8.39. The summed E-state index contributed by atoms with van der Waals surface area (Å²) in [7, 11) is 0. The molecule has 18 heavy (non-hydrogen) atoms. The molecule has 0 radical (unpaired) electrons. The Balaban J connectivity index is 2.04. The molecule has 1 aliphatic rings. The summed E-state index contributed by atoms with van der Waals surface area (Å²) in [5.74, 6) is -0.363. The van der Waals surface area contributed by atoms with Crippen LogP contribution in [-0.4, -0.2) is 30.4 Å². The van der Waals surface area contributed by atoms with Crippen LogP contribution in [0, 0.1) is 0 Å². The largest absolute Gasteiger partial charge is 0.343 e. The molecule has 3 N–H and O–H groups in total. The number of benzene rings is 1. The fourth-order valence-corrected chi connectivity index (χ4v) is 1.98. The van der Waals surface area contributed by atoms with E-state index < -0.39 is 12.1 Å². The summed E-state index contributed by atoms with van der Waals surface area (Å²) in [6.07, 6.45) is 0.617. The highest BCUT2D eigenvalue weighted by molar-refractivity contribution is 6.01. The van der Waals surface area contributed by atoms with Crippen molar-refractivity contribution in [2.45, 2.75) is 25.4 Å². The molecule has 1 aromatic carbocycles. The molecule has 1 unspecified atom stereocenters. The predicted octanol–water partition coefficient (Wildman–Crippen LogP) is 0.255. The van der Waals surface area contributed by atoms with E-state index in [1.54, 1.807) is 11.8 Å². The van der Waals surface area contributed by atoms with Crippen molar-refractivity contribution in [2.75, 3.05) is 11.4 Å². The normalized spacial score (nSPS) is 20.9. The van der Waals surface area contributed by atoms with Gasteiger partial charge in [-0.2, -0.15) is 0 Å². The average Bonchev–Trinajstić information content (AvgIpc) is 2.72. The molecule has 2 atom stereocenters. The second-order valence-corrected chi connectivity index (χ2v) is 4.46. The summed E-state index contributed by atoms with van der Waals surface area (Å²) >= 11 is 0. The lowest BCUT2D eigenvalue weighted by Gasteiger charge is -2.17. The van der Waals surface area contributed by atoms with Gasteiger partial charge in [0.15, 0.2) is 0 Å². The van der Waals surface area contributed by atoms with Crippen LogP contribution < -0.4 is 16.0 Å². The predicted molar refractivity (Wildman–Crippen MR) is 69.0 cm³/mol. The third kappa shape index (κ3) is 2.51. The lowest BCUT2D eigenvalue weighted by molar-refractivity contribution is -0.127. The van der Waals surface area contributed by atoms with Gasteiger partial charge in [0.2, 0.25) is 11.8 Å². The fourth-order valence-electron chi connectivity index (χ4n) is 1.98.